The van der Waals surface area contributed by atoms with Crippen molar-refractivity contribution in [3.05, 3.63) is 30.3 Å². The Bertz CT molecular complexity index is 721. The highest BCUT2D eigenvalue weighted by molar-refractivity contribution is 7.89. The Morgan fingerprint density at radius 3 is 2.54 bits per heavy atom. The lowest BCUT2D eigenvalue weighted by molar-refractivity contribution is -0.138. The highest BCUT2D eigenvalue weighted by atomic mass is 32.2. The van der Waals surface area contributed by atoms with E-state index in [0.29, 0.717) is 26.1 Å². The van der Waals surface area contributed by atoms with Crippen molar-refractivity contribution in [2.24, 2.45) is 11.7 Å². The van der Waals surface area contributed by atoms with Crippen molar-refractivity contribution in [2.45, 2.75) is 56.0 Å². The largest absolute Gasteiger partial charge is 0.341 e. The van der Waals surface area contributed by atoms with Gasteiger partial charge in [0.05, 0.1) is 4.90 Å². The molecular weight excluding hydrogens is 350 g/mol. The van der Waals surface area contributed by atoms with E-state index in [-0.39, 0.29) is 22.8 Å². The van der Waals surface area contributed by atoms with Crippen molar-refractivity contribution in [3.63, 3.8) is 0 Å². The van der Waals surface area contributed by atoms with Gasteiger partial charge in [-0.15, -0.1) is 0 Å². The van der Waals surface area contributed by atoms with Gasteiger partial charge in [0.25, 0.3) is 0 Å². The molecule has 3 atom stereocenters. The molecule has 3 unspecified atom stereocenters. The number of nitrogens with zero attached hydrogens (tertiary/aromatic N) is 2. The molecule has 0 bridgehead atoms. The van der Waals surface area contributed by atoms with Crippen molar-refractivity contribution >= 4 is 15.9 Å². The number of hydrogen-bond acceptors (Lipinski definition) is 4. The molecule has 2 heterocycles. The molecule has 26 heavy (non-hydrogen) atoms. The van der Waals surface area contributed by atoms with E-state index in [2.05, 4.69) is 0 Å². The normalized spacial score (nSPS) is 26.5. The molecule has 1 aromatic rings. The van der Waals surface area contributed by atoms with Gasteiger partial charge in [-0.25, -0.2) is 8.42 Å². The monoisotopic (exact) mass is 379 g/mol. The maximum Gasteiger partial charge on any atom is 0.243 e. The number of hydrogen-bond donors (Lipinski definition) is 1. The van der Waals surface area contributed by atoms with Gasteiger partial charge in [0, 0.05) is 25.7 Å². The summed E-state index contributed by atoms with van der Waals surface area (Å²) in [7, 11) is -3.66. The summed E-state index contributed by atoms with van der Waals surface area (Å²) in [5.74, 6) is 0.227. The number of amides is 1. The molecule has 2 fully saturated rings. The number of sulfonamides is 1. The Kier molecular flexibility index (Phi) is 5.99. The number of rotatable bonds is 4. The van der Waals surface area contributed by atoms with Crippen molar-refractivity contribution in [1.29, 1.82) is 0 Å². The second-order valence-corrected chi connectivity index (χ2v) is 9.38. The van der Waals surface area contributed by atoms with Crippen molar-refractivity contribution in [3.8, 4) is 0 Å². The van der Waals surface area contributed by atoms with E-state index in [0.717, 1.165) is 25.7 Å². The second-order valence-electron chi connectivity index (χ2n) is 7.49. The maximum atomic E-state index is 13.2. The summed E-state index contributed by atoms with van der Waals surface area (Å²) in [5, 5.41) is 0. The first-order chi connectivity index (χ1) is 12.4. The molecule has 0 aromatic heterocycles. The molecule has 6 nitrogen and oxygen atoms in total. The van der Waals surface area contributed by atoms with Crippen molar-refractivity contribution in [2.75, 3.05) is 19.6 Å². The number of benzene rings is 1. The number of carbonyl (C=O) groups excluding carboxylic acids is 1. The minimum atomic E-state index is -3.66. The smallest absolute Gasteiger partial charge is 0.243 e. The fourth-order valence-electron chi connectivity index (χ4n) is 4.02. The first kappa shape index (κ1) is 19.3. The fourth-order valence-corrected chi connectivity index (χ4v) is 5.69. The van der Waals surface area contributed by atoms with Gasteiger partial charge in [-0.1, -0.05) is 24.6 Å². The average Bonchev–Trinajstić information content (AvgIpc) is 2.68. The molecule has 2 saturated heterocycles. The molecule has 0 spiro atoms. The van der Waals surface area contributed by atoms with Gasteiger partial charge in [0.15, 0.2) is 0 Å². The highest BCUT2D eigenvalue weighted by Crippen LogP contribution is 2.28. The second kappa shape index (κ2) is 8.06. The molecule has 1 aromatic carbocycles. The Morgan fingerprint density at radius 2 is 1.85 bits per heavy atom. The lowest BCUT2D eigenvalue weighted by atomic mass is 9.91. The van der Waals surface area contributed by atoms with E-state index in [4.69, 9.17) is 5.73 Å². The van der Waals surface area contributed by atoms with Crippen LogP contribution in [0.15, 0.2) is 35.2 Å². The third kappa shape index (κ3) is 3.94. The van der Waals surface area contributed by atoms with Crippen LogP contribution in [-0.4, -0.2) is 55.2 Å². The molecule has 2 aliphatic rings. The van der Waals surface area contributed by atoms with Gasteiger partial charge in [-0.05, 0) is 50.7 Å². The number of likely N-dealkylation sites (tertiary alicyclic amines) is 1. The van der Waals surface area contributed by atoms with Gasteiger partial charge in [0.1, 0.15) is 6.04 Å². The van der Waals surface area contributed by atoms with Crippen LogP contribution in [-0.2, 0) is 14.8 Å². The lowest BCUT2D eigenvalue weighted by Crippen LogP contribution is -2.55. The van der Waals surface area contributed by atoms with Crippen LogP contribution in [0.4, 0.5) is 0 Å². The zero-order chi connectivity index (χ0) is 18.7. The molecule has 7 heteroatoms. The summed E-state index contributed by atoms with van der Waals surface area (Å²) in [5.41, 5.74) is 6.04. The summed E-state index contributed by atoms with van der Waals surface area (Å²) in [6.45, 7) is 3.70. The molecular formula is C19H29N3O3S. The molecule has 3 rings (SSSR count). The standard InChI is InChI=1S/C19H29N3O3S/c1-15(20)16-8-7-12-21(14-16)19(23)18-11-5-6-13-22(18)26(24,25)17-9-3-2-4-10-17/h2-4,9-10,15-16,18H,5-8,11-14,20H2,1H3. The zero-order valence-electron chi connectivity index (χ0n) is 15.4. The minimum Gasteiger partial charge on any atom is -0.341 e. The lowest BCUT2D eigenvalue weighted by Gasteiger charge is -2.40. The molecule has 2 N–H and O–H groups in total. The highest BCUT2D eigenvalue weighted by Gasteiger charge is 2.40. The number of piperidine rings is 2. The Balaban J connectivity index is 1.82. The van der Waals surface area contributed by atoms with Crippen LogP contribution in [0.25, 0.3) is 0 Å². The Labute approximate surface area is 156 Å². The van der Waals surface area contributed by atoms with E-state index in [9.17, 15) is 13.2 Å². The number of carbonyl (C=O) groups is 1. The van der Waals surface area contributed by atoms with Gasteiger partial charge in [0.2, 0.25) is 15.9 Å². The van der Waals surface area contributed by atoms with Crippen molar-refractivity contribution in [1.82, 2.24) is 9.21 Å². The topological polar surface area (TPSA) is 83.7 Å². The van der Waals surface area contributed by atoms with E-state index in [1.807, 2.05) is 11.8 Å². The quantitative estimate of drug-likeness (QED) is 0.865. The van der Waals surface area contributed by atoms with Crippen LogP contribution in [0, 0.1) is 5.92 Å². The molecule has 144 valence electrons. The number of nitrogens with two attached hydrogens (primary N) is 1. The van der Waals surface area contributed by atoms with Crippen molar-refractivity contribution < 1.29 is 13.2 Å². The van der Waals surface area contributed by atoms with Gasteiger partial charge >= 0.3 is 0 Å². The minimum absolute atomic E-state index is 0.0427. The molecule has 0 saturated carbocycles. The molecule has 0 aliphatic carbocycles. The van der Waals surface area contributed by atoms with Crippen LogP contribution >= 0.6 is 0 Å². The van der Waals surface area contributed by atoms with Gasteiger partial charge in [-0.2, -0.15) is 4.31 Å². The van der Waals surface area contributed by atoms with E-state index in [1.165, 1.54) is 4.31 Å². The van der Waals surface area contributed by atoms with Crippen LogP contribution in [0.3, 0.4) is 0 Å². The fraction of sp³-hybridized carbons (Fsp3) is 0.632. The van der Waals surface area contributed by atoms with E-state index < -0.39 is 16.1 Å². The summed E-state index contributed by atoms with van der Waals surface area (Å²) >= 11 is 0. The molecule has 2 aliphatic heterocycles. The predicted octanol–water partition coefficient (Wildman–Crippen LogP) is 1.82. The van der Waals surface area contributed by atoms with Gasteiger partial charge in [-0.3, -0.25) is 4.79 Å². The summed E-state index contributed by atoms with van der Waals surface area (Å²) < 4.78 is 27.6. The summed E-state index contributed by atoms with van der Waals surface area (Å²) in [6.07, 6.45) is 4.21. The SMILES string of the molecule is CC(N)C1CCCN(C(=O)C2CCCCN2S(=O)(=O)c2ccccc2)C1. The zero-order valence-corrected chi connectivity index (χ0v) is 16.2. The first-order valence-corrected chi connectivity index (χ1v) is 11.0. The van der Waals surface area contributed by atoms with Crippen LogP contribution in [0.1, 0.15) is 39.0 Å². The predicted molar refractivity (Wildman–Crippen MR) is 101 cm³/mol. The van der Waals surface area contributed by atoms with Gasteiger partial charge < -0.3 is 10.6 Å². The Hall–Kier alpha value is -1.44. The average molecular weight is 380 g/mol. The third-order valence-electron chi connectivity index (χ3n) is 5.60. The van der Waals surface area contributed by atoms with E-state index in [1.54, 1.807) is 30.3 Å². The molecule has 0 radical (unpaired) electrons. The van der Waals surface area contributed by atoms with Crippen LogP contribution in [0.5, 0.6) is 0 Å². The third-order valence-corrected chi connectivity index (χ3v) is 7.52. The summed E-state index contributed by atoms with van der Waals surface area (Å²) in [6, 6.07) is 7.86. The first-order valence-electron chi connectivity index (χ1n) is 9.52. The summed E-state index contributed by atoms with van der Waals surface area (Å²) in [4.78, 5) is 15.3. The van der Waals surface area contributed by atoms with Crippen LogP contribution in [0.2, 0.25) is 0 Å². The maximum absolute atomic E-state index is 13.2. The van der Waals surface area contributed by atoms with Crippen LogP contribution < -0.4 is 5.73 Å². The molecule has 1 amide bonds. The van der Waals surface area contributed by atoms with E-state index >= 15 is 0 Å². The Morgan fingerprint density at radius 1 is 1.12 bits per heavy atom.